The molecule has 0 radical (unpaired) electrons. The largest absolute Gasteiger partial charge is 0.441 e. The summed E-state index contributed by atoms with van der Waals surface area (Å²) in [5.41, 5.74) is 1.01. The van der Waals surface area contributed by atoms with Gasteiger partial charge in [0.2, 0.25) is 0 Å². The number of alkyl halides is 3. The fourth-order valence-electron chi connectivity index (χ4n) is 0.625. The van der Waals surface area contributed by atoms with E-state index < -0.39 is 5.51 Å². The molecule has 0 amide bonds. The Bertz CT molecular complexity index is 116. The van der Waals surface area contributed by atoms with Crippen LogP contribution in [0.25, 0.3) is 0 Å². The second-order valence-corrected chi connectivity index (χ2v) is 3.53. The molecule has 0 bridgehead atoms. The van der Waals surface area contributed by atoms with Crippen LogP contribution in [-0.4, -0.2) is 29.5 Å². The highest BCUT2D eigenvalue weighted by atomic mass is 32.2. The summed E-state index contributed by atoms with van der Waals surface area (Å²) in [6.07, 6.45) is 0.303. The predicted molar refractivity (Wildman–Crippen MR) is 42.8 cm³/mol. The van der Waals surface area contributed by atoms with Gasteiger partial charge in [0.25, 0.3) is 0 Å². The molecular weight excluding hydrogens is 191 g/mol. The van der Waals surface area contributed by atoms with E-state index in [1.807, 2.05) is 0 Å². The summed E-state index contributed by atoms with van der Waals surface area (Å²) >= 11 is -0.0740. The highest BCUT2D eigenvalue weighted by Crippen LogP contribution is 2.31. The van der Waals surface area contributed by atoms with Crippen LogP contribution < -0.4 is 5.73 Å². The second kappa shape index (κ2) is 5.66. The van der Waals surface area contributed by atoms with Crippen LogP contribution in [0.3, 0.4) is 0 Å². The summed E-state index contributed by atoms with van der Waals surface area (Å²) in [6.45, 7) is 0.0871. The molecule has 0 aromatic heterocycles. The van der Waals surface area contributed by atoms with Crippen LogP contribution in [0.1, 0.15) is 6.42 Å². The third kappa shape index (κ3) is 6.75. The van der Waals surface area contributed by atoms with E-state index in [0.717, 1.165) is 0 Å². The summed E-state index contributed by atoms with van der Waals surface area (Å²) < 4.78 is 34.7. The summed E-state index contributed by atoms with van der Waals surface area (Å²) in [5, 5.41) is 8.58. The summed E-state index contributed by atoms with van der Waals surface area (Å²) in [4.78, 5) is 0. The van der Waals surface area contributed by atoms with Crippen molar-refractivity contribution < 1.29 is 18.3 Å². The Morgan fingerprint density at radius 1 is 1.42 bits per heavy atom. The van der Waals surface area contributed by atoms with E-state index >= 15 is 0 Å². The maximum atomic E-state index is 11.6. The Hall–Kier alpha value is 0.0600. The molecule has 0 heterocycles. The van der Waals surface area contributed by atoms with Gasteiger partial charge in [-0.2, -0.15) is 13.2 Å². The topological polar surface area (TPSA) is 46.2 Å². The molecule has 0 rings (SSSR count). The molecule has 0 aliphatic carbocycles. The molecule has 12 heavy (non-hydrogen) atoms. The van der Waals surface area contributed by atoms with Crippen LogP contribution in [-0.2, 0) is 0 Å². The van der Waals surface area contributed by atoms with Crippen LogP contribution in [0.5, 0.6) is 0 Å². The van der Waals surface area contributed by atoms with Crippen molar-refractivity contribution in [1.82, 2.24) is 0 Å². The average Bonchev–Trinajstić information content (AvgIpc) is 1.96. The molecular formula is C6H12F3NOS. The quantitative estimate of drug-likeness (QED) is 0.705. The maximum Gasteiger partial charge on any atom is 0.441 e. The first kappa shape index (κ1) is 12.1. The van der Waals surface area contributed by atoms with E-state index in [4.69, 9.17) is 10.8 Å². The first-order valence-electron chi connectivity index (χ1n) is 3.51. The normalized spacial score (nSPS) is 14.8. The van der Waals surface area contributed by atoms with E-state index in [1.54, 1.807) is 0 Å². The van der Waals surface area contributed by atoms with E-state index in [9.17, 15) is 13.2 Å². The van der Waals surface area contributed by atoms with Gasteiger partial charge in [0, 0.05) is 12.4 Å². The van der Waals surface area contributed by atoms with Crippen molar-refractivity contribution in [3.8, 4) is 0 Å². The number of nitrogens with two attached hydrogens (primary N) is 1. The van der Waals surface area contributed by atoms with Gasteiger partial charge in [-0.15, -0.1) is 0 Å². The minimum absolute atomic E-state index is 0.0358. The molecule has 74 valence electrons. The SMILES string of the molecule is NCC(CO)CCSC(F)(F)F. The number of aliphatic hydroxyl groups excluding tert-OH is 1. The van der Waals surface area contributed by atoms with E-state index in [0.29, 0.717) is 6.42 Å². The lowest BCUT2D eigenvalue weighted by Gasteiger charge is -2.11. The molecule has 1 atom stereocenters. The Labute approximate surface area is 73.3 Å². The number of thioether (sulfide) groups is 1. The average molecular weight is 203 g/mol. The molecule has 6 heteroatoms. The van der Waals surface area contributed by atoms with Gasteiger partial charge < -0.3 is 10.8 Å². The van der Waals surface area contributed by atoms with Crippen molar-refractivity contribution in [3.63, 3.8) is 0 Å². The fourth-order valence-corrected chi connectivity index (χ4v) is 1.31. The van der Waals surface area contributed by atoms with Gasteiger partial charge in [-0.1, -0.05) is 11.8 Å². The van der Waals surface area contributed by atoms with Gasteiger partial charge in [-0.3, -0.25) is 0 Å². The highest BCUT2D eigenvalue weighted by Gasteiger charge is 2.27. The fraction of sp³-hybridized carbons (Fsp3) is 1.00. The summed E-state index contributed by atoms with van der Waals surface area (Å²) in [5.74, 6) is -0.244. The monoisotopic (exact) mass is 203 g/mol. The van der Waals surface area contributed by atoms with Crippen molar-refractivity contribution >= 4 is 11.8 Å². The predicted octanol–water partition coefficient (Wildman–Crippen LogP) is 1.20. The van der Waals surface area contributed by atoms with Crippen molar-refractivity contribution in [2.24, 2.45) is 11.7 Å². The number of halogens is 3. The lowest BCUT2D eigenvalue weighted by atomic mass is 10.1. The van der Waals surface area contributed by atoms with E-state index in [-0.39, 0.29) is 36.6 Å². The lowest BCUT2D eigenvalue weighted by Crippen LogP contribution is -2.19. The third-order valence-corrected chi connectivity index (χ3v) is 2.15. The maximum absolute atomic E-state index is 11.6. The zero-order chi connectivity index (χ0) is 9.61. The second-order valence-electron chi connectivity index (χ2n) is 2.37. The van der Waals surface area contributed by atoms with Gasteiger partial charge in [0.05, 0.1) is 0 Å². The van der Waals surface area contributed by atoms with Gasteiger partial charge in [-0.05, 0) is 18.9 Å². The third-order valence-electron chi connectivity index (χ3n) is 1.38. The van der Waals surface area contributed by atoms with Crippen LogP contribution in [0.4, 0.5) is 13.2 Å². The highest BCUT2D eigenvalue weighted by molar-refractivity contribution is 8.00. The first-order chi connectivity index (χ1) is 5.49. The first-order valence-corrected chi connectivity index (χ1v) is 4.49. The van der Waals surface area contributed by atoms with E-state index in [2.05, 4.69) is 0 Å². The van der Waals surface area contributed by atoms with Gasteiger partial charge in [0.15, 0.2) is 0 Å². The molecule has 2 nitrogen and oxygen atoms in total. The lowest BCUT2D eigenvalue weighted by molar-refractivity contribution is -0.0328. The summed E-state index contributed by atoms with van der Waals surface area (Å²) in [7, 11) is 0. The molecule has 0 saturated carbocycles. The molecule has 0 fully saturated rings. The van der Waals surface area contributed by atoms with Crippen LogP contribution in [0, 0.1) is 5.92 Å². The number of hydrogen-bond acceptors (Lipinski definition) is 3. The van der Waals surface area contributed by atoms with Crippen molar-refractivity contribution in [2.75, 3.05) is 18.9 Å². The molecule has 0 aliphatic rings. The van der Waals surface area contributed by atoms with Crippen molar-refractivity contribution in [3.05, 3.63) is 0 Å². The van der Waals surface area contributed by atoms with Crippen LogP contribution >= 0.6 is 11.8 Å². The standard InChI is InChI=1S/C6H12F3NOS/c7-6(8,9)12-2-1-5(3-10)4-11/h5,11H,1-4,10H2. The van der Waals surface area contributed by atoms with Gasteiger partial charge >= 0.3 is 5.51 Å². The molecule has 0 aromatic carbocycles. The Kier molecular flexibility index (Phi) is 5.69. The minimum Gasteiger partial charge on any atom is -0.396 e. The molecule has 0 spiro atoms. The number of hydrogen-bond donors (Lipinski definition) is 2. The minimum atomic E-state index is -4.17. The zero-order valence-corrected chi connectivity index (χ0v) is 7.29. The van der Waals surface area contributed by atoms with E-state index in [1.165, 1.54) is 0 Å². The van der Waals surface area contributed by atoms with Crippen molar-refractivity contribution in [2.45, 2.75) is 11.9 Å². The number of rotatable bonds is 5. The Morgan fingerprint density at radius 3 is 2.33 bits per heavy atom. The van der Waals surface area contributed by atoms with Crippen LogP contribution in [0.15, 0.2) is 0 Å². The zero-order valence-electron chi connectivity index (χ0n) is 6.47. The molecule has 0 saturated heterocycles. The van der Waals surface area contributed by atoms with Gasteiger partial charge in [0.1, 0.15) is 0 Å². The molecule has 0 aliphatic heterocycles. The number of aliphatic hydroxyl groups is 1. The molecule has 3 N–H and O–H groups in total. The van der Waals surface area contributed by atoms with Crippen molar-refractivity contribution in [1.29, 1.82) is 0 Å². The Balaban J connectivity index is 3.41. The smallest absolute Gasteiger partial charge is 0.396 e. The summed E-state index contributed by atoms with van der Waals surface area (Å²) in [6, 6.07) is 0. The van der Waals surface area contributed by atoms with Gasteiger partial charge in [-0.25, -0.2) is 0 Å². The molecule has 0 aromatic rings. The Morgan fingerprint density at radius 2 is 2.00 bits per heavy atom. The molecule has 1 unspecified atom stereocenters. The van der Waals surface area contributed by atoms with Crippen LogP contribution in [0.2, 0.25) is 0 Å².